The third-order valence-corrected chi connectivity index (χ3v) is 6.70. The van der Waals surface area contributed by atoms with E-state index < -0.39 is 0 Å². The summed E-state index contributed by atoms with van der Waals surface area (Å²) in [5.74, 6) is 0.782. The molecule has 138 valence electrons. The van der Waals surface area contributed by atoms with E-state index in [-0.39, 0.29) is 0 Å². The molecule has 1 saturated carbocycles. The van der Waals surface area contributed by atoms with Crippen molar-refractivity contribution >= 4 is 22.6 Å². The lowest BCUT2D eigenvalue weighted by molar-refractivity contribution is 0.456. The molecule has 1 unspecified atom stereocenters. The summed E-state index contributed by atoms with van der Waals surface area (Å²) >= 11 is 1.78. The van der Waals surface area contributed by atoms with Gasteiger partial charge in [0.1, 0.15) is 0 Å². The minimum Gasteiger partial charge on any atom is -0.390 e. The summed E-state index contributed by atoms with van der Waals surface area (Å²) < 4.78 is 0. The number of allylic oxidation sites excluding steroid dienone is 2. The molecule has 1 heterocycles. The number of anilines is 1. The number of thiophene rings is 1. The van der Waals surface area contributed by atoms with Crippen molar-refractivity contribution in [1.82, 2.24) is 0 Å². The summed E-state index contributed by atoms with van der Waals surface area (Å²) in [5.41, 5.74) is 7.44. The van der Waals surface area contributed by atoms with Gasteiger partial charge in [-0.3, -0.25) is 4.99 Å². The number of hydrogen-bond acceptors (Lipinski definition) is 3. The van der Waals surface area contributed by atoms with Crippen molar-refractivity contribution < 1.29 is 0 Å². The zero-order valence-electron chi connectivity index (χ0n) is 15.6. The molecule has 1 aromatic rings. The Morgan fingerprint density at radius 1 is 1.00 bits per heavy atom. The van der Waals surface area contributed by atoms with Gasteiger partial charge in [0.2, 0.25) is 0 Å². The van der Waals surface area contributed by atoms with E-state index >= 15 is 0 Å². The van der Waals surface area contributed by atoms with Gasteiger partial charge in [-0.15, -0.1) is 11.3 Å². The van der Waals surface area contributed by atoms with Gasteiger partial charge in [-0.05, 0) is 56.9 Å². The predicted octanol–water partition coefficient (Wildman–Crippen LogP) is 6.54. The van der Waals surface area contributed by atoms with Crippen LogP contribution in [0.15, 0.2) is 23.2 Å². The molecule has 3 rings (SSSR count). The number of hydrogen-bond donors (Lipinski definition) is 1. The first-order valence-electron chi connectivity index (χ1n) is 10.4. The Bertz CT molecular complexity index is 565. The molecule has 0 amide bonds. The Labute approximate surface area is 157 Å². The highest BCUT2D eigenvalue weighted by atomic mass is 32.1. The first-order chi connectivity index (χ1) is 12.3. The van der Waals surface area contributed by atoms with E-state index in [1.165, 1.54) is 88.3 Å². The summed E-state index contributed by atoms with van der Waals surface area (Å²) in [6.07, 6.45) is 23.9. The van der Waals surface area contributed by atoms with Crippen LogP contribution in [0, 0.1) is 5.92 Å². The minimum absolute atomic E-state index is 0.513. The third-order valence-electron chi connectivity index (χ3n) is 5.70. The molecule has 1 atom stereocenters. The monoisotopic (exact) mass is 358 g/mol. The SMILES string of the molecule is Nc1sc(CC2C/C=C\CCCC2)cc1C=NC1CCCCCCC1. The molecule has 3 heteroatoms. The van der Waals surface area contributed by atoms with Gasteiger partial charge in [-0.1, -0.05) is 50.7 Å². The zero-order valence-corrected chi connectivity index (χ0v) is 16.4. The normalized spacial score (nSPS) is 25.2. The fraction of sp³-hybridized carbons (Fsp3) is 0.682. The summed E-state index contributed by atoms with van der Waals surface area (Å²) in [5, 5.41) is 0.950. The highest BCUT2D eigenvalue weighted by Gasteiger charge is 2.14. The van der Waals surface area contributed by atoms with Crippen LogP contribution < -0.4 is 5.73 Å². The van der Waals surface area contributed by atoms with Crippen LogP contribution in [0.3, 0.4) is 0 Å². The molecule has 2 aliphatic carbocycles. The molecule has 2 N–H and O–H groups in total. The first kappa shape index (κ1) is 18.7. The Balaban J connectivity index is 1.58. The number of rotatable bonds is 4. The quantitative estimate of drug-likeness (QED) is 0.481. The zero-order chi connectivity index (χ0) is 17.3. The van der Waals surface area contributed by atoms with Crippen molar-refractivity contribution in [3.05, 3.63) is 28.7 Å². The van der Waals surface area contributed by atoms with Crippen LogP contribution in [0.25, 0.3) is 0 Å². The highest BCUT2D eigenvalue weighted by Crippen LogP contribution is 2.30. The number of aliphatic imine (C=N–C) groups is 1. The lowest BCUT2D eigenvalue weighted by atomic mass is 9.91. The molecule has 1 fully saturated rings. The Morgan fingerprint density at radius 2 is 1.76 bits per heavy atom. The van der Waals surface area contributed by atoms with E-state index in [4.69, 9.17) is 10.7 Å². The molecule has 0 radical (unpaired) electrons. The Morgan fingerprint density at radius 3 is 2.60 bits per heavy atom. The topological polar surface area (TPSA) is 38.4 Å². The molecule has 0 aromatic carbocycles. The van der Waals surface area contributed by atoms with Crippen LogP contribution in [0.1, 0.15) is 87.5 Å². The van der Waals surface area contributed by atoms with E-state index in [0.29, 0.717) is 6.04 Å². The third kappa shape index (κ3) is 6.29. The van der Waals surface area contributed by atoms with Crippen molar-refractivity contribution in [1.29, 1.82) is 0 Å². The molecular weight excluding hydrogens is 324 g/mol. The summed E-state index contributed by atoms with van der Waals surface area (Å²) in [4.78, 5) is 6.33. The van der Waals surface area contributed by atoms with Crippen molar-refractivity contribution in [2.24, 2.45) is 10.9 Å². The molecule has 25 heavy (non-hydrogen) atoms. The molecule has 2 nitrogen and oxygen atoms in total. The second-order valence-corrected chi connectivity index (χ2v) is 9.04. The second-order valence-electron chi connectivity index (χ2n) is 7.87. The van der Waals surface area contributed by atoms with Crippen molar-refractivity contribution in [3.8, 4) is 0 Å². The Kier molecular flexibility index (Phi) is 7.59. The molecule has 1 aromatic heterocycles. The minimum atomic E-state index is 0.513. The van der Waals surface area contributed by atoms with Crippen molar-refractivity contribution in [3.63, 3.8) is 0 Å². The van der Waals surface area contributed by atoms with E-state index in [1.54, 1.807) is 11.3 Å². The van der Waals surface area contributed by atoms with Gasteiger partial charge in [-0.25, -0.2) is 0 Å². The smallest absolute Gasteiger partial charge is 0.0948 e. The molecule has 0 aliphatic heterocycles. The maximum atomic E-state index is 6.29. The van der Waals surface area contributed by atoms with Gasteiger partial charge in [0.05, 0.1) is 5.00 Å². The number of nitrogen functional groups attached to an aromatic ring is 1. The molecule has 0 spiro atoms. The average Bonchev–Trinajstić information content (AvgIpc) is 2.88. The van der Waals surface area contributed by atoms with Gasteiger partial charge in [-0.2, -0.15) is 0 Å². The Hall–Kier alpha value is -1.09. The molecule has 0 saturated heterocycles. The molecule has 2 aliphatic rings. The van der Waals surface area contributed by atoms with Crippen LogP contribution in [0.4, 0.5) is 5.00 Å². The van der Waals surface area contributed by atoms with Crippen LogP contribution in [0.5, 0.6) is 0 Å². The van der Waals surface area contributed by atoms with E-state index in [0.717, 1.165) is 16.5 Å². The lowest BCUT2D eigenvalue weighted by Crippen LogP contribution is -2.07. The fourth-order valence-electron chi connectivity index (χ4n) is 4.13. The summed E-state index contributed by atoms with van der Waals surface area (Å²) in [6, 6.07) is 2.81. The largest absolute Gasteiger partial charge is 0.390 e. The standard InChI is InChI=1S/C22H34N2S/c23-22-19(17-24-20-13-9-5-2-6-10-14-20)16-21(25-22)15-18-11-7-3-1-4-8-12-18/h3,7,16-18,20H,1-2,4-6,8-15,23H2/b7-3-,24-17?. The highest BCUT2D eigenvalue weighted by molar-refractivity contribution is 7.16. The summed E-state index contributed by atoms with van der Waals surface area (Å²) in [6.45, 7) is 0. The van der Waals surface area contributed by atoms with E-state index in [1.807, 2.05) is 0 Å². The van der Waals surface area contributed by atoms with Gasteiger partial charge in [0.15, 0.2) is 0 Å². The van der Waals surface area contributed by atoms with Crippen molar-refractivity contribution in [2.75, 3.05) is 5.73 Å². The fourth-order valence-corrected chi connectivity index (χ4v) is 5.15. The summed E-state index contributed by atoms with van der Waals surface area (Å²) in [7, 11) is 0. The van der Waals surface area contributed by atoms with Gasteiger partial charge in [0.25, 0.3) is 0 Å². The number of nitrogens with zero attached hydrogens (tertiary/aromatic N) is 1. The van der Waals surface area contributed by atoms with Crippen LogP contribution in [-0.2, 0) is 6.42 Å². The van der Waals surface area contributed by atoms with Crippen molar-refractivity contribution in [2.45, 2.75) is 89.5 Å². The van der Waals surface area contributed by atoms with E-state index in [2.05, 4.69) is 24.4 Å². The van der Waals surface area contributed by atoms with E-state index in [9.17, 15) is 0 Å². The van der Waals surface area contributed by atoms with Gasteiger partial charge >= 0.3 is 0 Å². The van der Waals surface area contributed by atoms with Crippen LogP contribution in [-0.4, -0.2) is 12.3 Å². The van der Waals surface area contributed by atoms with Crippen LogP contribution in [0.2, 0.25) is 0 Å². The van der Waals surface area contributed by atoms with Gasteiger partial charge < -0.3 is 5.73 Å². The first-order valence-corrected chi connectivity index (χ1v) is 11.2. The number of nitrogens with two attached hydrogens (primary N) is 1. The maximum absolute atomic E-state index is 6.29. The van der Waals surface area contributed by atoms with Gasteiger partial charge in [0, 0.05) is 22.7 Å². The maximum Gasteiger partial charge on any atom is 0.0948 e. The average molecular weight is 359 g/mol. The lowest BCUT2D eigenvalue weighted by Gasteiger charge is -2.15. The van der Waals surface area contributed by atoms with Crippen LogP contribution >= 0.6 is 11.3 Å². The predicted molar refractivity (Wildman–Crippen MR) is 112 cm³/mol. The molecule has 0 bridgehead atoms. The molecular formula is C22H34N2S. The second kappa shape index (κ2) is 10.2.